The van der Waals surface area contributed by atoms with Crippen LogP contribution < -0.4 is 10.0 Å². The van der Waals surface area contributed by atoms with Crippen molar-refractivity contribution in [2.75, 3.05) is 5.32 Å². The van der Waals surface area contributed by atoms with E-state index in [9.17, 15) is 23.6 Å². The summed E-state index contributed by atoms with van der Waals surface area (Å²) >= 11 is 0. The van der Waals surface area contributed by atoms with Gasteiger partial charge in [0.05, 0.1) is 22.1 Å². The predicted octanol–water partition coefficient (Wildman–Crippen LogP) is 6.21. The molecule has 0 saturated carbocycles. The number of rotatable bonds is 7. The quantitative estimate of drug-likeness (QED) is 0.343. The number of carbonyl (C=O) groups is 1. The second kappa shape index (κ2) is 10.8. The number of carbonyl (C=O) groups excluding carboxylic acids is 1. The van der Waals surface area contributed by atoms with Gasteiger partial charge in [-0.1, -0.05) is 58.0 Å². The number of aliphatic hydroxyl groups is 1. The Morgan fingerprint density at radius 1 is 0.919 bits per heavy atom. The average Bonchev–Trinajstić information content (AvgIpc) is 2.83. The number of amides is 2. The Bertz CT molecular complexity index is 1420. The first-order valence-corrected chi connectivity index (χ1v) is 13.6. The molecule has 0 atom stereocenters. The Morgan fingerprint density at radius 2 is 1.49 bits per heavy atom. The maximum absolute atomic E-state index is 13.3. The highest BCUT2D eigenvalue weighted by atomic mass is 32.2. The second-order valence-corrected chi connectivity index (χ2v) is 11.9. The molecule has 3 aromatic rings. The molecule has 3 N–H and O–H groups in total. The van der Waals surface area contributed by atoms with Crippen molar-refractivity contribution in [2.45, 2.75) is 63.9 Å². The lowest BCUT2D eigenvalue weighted by Crippen LogP contribution is -2.35. The number of nitriles is 1. The fourth-order valence-electron chi connectivity index (χ4n) is 4.03. The van der Waals surface area contributed by atoms with Crippen molar-refractivity contribution in [2.24, 2.45) is 0 Å². The number of benzene rings is 3. The Morgan fingerprint density at radius 3 is 1.97 bits per heavy atom. The molecule has 194 valence electrons. The van der Waals surface area contributed by atoms with Gasteiger partial charge in [0.1, 0.15) is 0 Å². The molecular weight excluding hydrogens is 486 g/mol. The maximum Gasteiger partial charge on any atom is 0.333 e. The van der Waals surface area contributed by atoms with Gasteiger partial charge in [-0.15, -0.1) is 0 Å². The lowest BCUT2D eigenvalue weighted by molar-refractivity contribution is 0.0784. The van der Waals surface area contributed by atoms with Crippen LogP contribution in [0.5, 0.6) is 0 Å². The summed E-state index contributed by atoms with van der Waals surface area (Å²) in [4.78, 5) is 12.9. The molecule has 0 radical (unpaired) electrons. The number of sulfonamides is 1. The second-order valence-electron chi connectivity index (χ2n) is 10.2. The van der Waals surface area contributed by atoms with E-state index in [1.807, 2.05) is 58.0 Å². The monoisotopic (exact) mass is 519 g/mol. The number of hydrogen-bond acceptors (Lipinski definition) is 5. The molecule has 0 bridgehead atoms. The smallest absolute Gasteiger partial charge is 0.333 e. The molecule has 7 nitrogen and oxygen atoms in total. The van der Waals surface area contributed by atoms with Crippen molar-refractivity contribution in [1.82, 2.24) is 4.72 Å². The van der Waals surface area contributed by atoms with Crippen LogP contribution in [-0.4, -0.2) is 19.6 Å². The van der Waals surface area contributed by atoms with Crippen LogP contribution >= 0.6 is 0 Å². The largest absolute Gasteiger partial charge is 0.386 e. The van der Waals surface area contributed by atoms with Crippen LogP contribution in [0.1, 0.15) is 75.6 Å². The molecule has 0 saturated heterocycles. The average molecular weight is 520 g/mol. The first-order valence-electron chi connectivity index (χ1n) is 12.1. The van der Waals surface area contributed by atoms with Crippen LogP contribution in [0.2, 0.25) is 0 Å². The van der Waals surface area contributed by atoms with E-state index in [-0.39, 0.29) is 16.7 Å². The molecule has 0 aliphatic carbocycles. The summed E-state index contributed by atoms with van der Waals surface area (Å²) in [5, 5.41) is 22.8. The normalized spacial score (nSPS) is 11.9. The molecule has 0 aromatic heterocycles. The van der Waals surface area contributed by atoms with E-state index in [0.717, 1.165) is 16.7 Å². The third-order valence-corrected chi connectivity index (χ3v) is 7.38. The summed E-state index contributed by atoms with van der Waals surface area (Å²) in [5.41, 5.74) is 2.91. The highest BCUT2D eigenvalue weighted by Crippen LogP contribution is 2.34. The van der Waals surface area contributed by atoms with Crippen LogP contribution in [0.4, 0.5) is 10.5 Å². The standard InChI is InChI=1S/C29H33N3O4S/c1-18(2)25-12-20(17-30)13-26(19(3)4)27(25)31-28(33)32-37(35,36)24-15-22(21-10-8-7-9-11-21)14-23(16-24)29(5,6)34/h7-16,18-19,34H,1-6H3,(H2,31,32,33). The van der Waals surface area contributed by atoms with Crippen molar-refractivity contribution < 1.29 is 18.3 Å². The molecule has 8 heteroatoms. The molecule has 37 heavy (non-hydrogen) atoms. The van der Waals surface area contributed by atoms with Crippen LogP contribution in [0, 0.1) is 11.3 Å². The Labute approximate surface area is 219 Å². The highest BCUT2D eigenvalue weighted by Gasteiger charge is 2.25. The first kappa shape index (κ1) is 27.9. The molecule has 0 unspecified atom stereocenters. The van der Waals surface area contributed by atoms with Crippen molar-refractivity contribution in [3.05, 3.63) is 82.9 Å². The van der Waals surface area contributed by atoms with Gasteiger partial charge in [-0.2, -0.15) is 5.26 Å². The minimum Gasteiger partial charge on any atom is -0.386 e. The lowest BCUT2D eigenvalue weighted by Gasteiger charge is -2.22. The summed E-state index contributed by atoms with van der Waals surface area (Å²) in [6, 6.07) is 18.4. The van der Waals surface area contributed by atoms with Crippen molar-refractivity contribution in [1.29, 1.82) is 5.26 Å². The Balaban J connectivity index is 2.02. The summed E-state index contributed by atoms with van der Waals surface area (Å²) < 4.78 is 28.8. The zero-order valence-electron chi connectivity index (χ0n) is 22.0. The molecule has 0 heterocycles. The van der Waals surface area contributed by atoms with E-state index >= 15 is 0 Å². The van der Waals surface area contributed by atoms with Gasteiger partial charge in [0, 0.05) is 5.69 Å². The van der Waals surface area contributed by atoms with Crippen molar-refractivity contribution in [3.63, 3.8) is 0 Å². The molecule has 0 aliphatic rings. The van der Waals surface area contributed by atoms with Gasteiger partial charge in [0.15, 0.2) is 0 Å². The fourth-order valence-corrected chi connectivity index (χ4v) is 5.01. The topological polar surface area (TPSA) is 119 Å². The van der Waals surface area contributed by atoms with Gasteiger partial charge in [0.25, 0.3) is 10.0 Å². The number of hydrogen-bond donors (Lipinski definition) is 3. The van der Waals surface area contributed by atoms with Gasteiger partial charge >= 0.3 is 6.03 Å². The van der Waals surface area contributed by atoms with E-state index in [1.54, 1.807) is 32.0 Å². The summed E-state index contributed by atoms with van der Waals surface area (Å²) in [5.74, 6) is -0.0378. The zero-order chi connectivity index (χ0) is 27.5. The maximum atomic E-state index is 13.3. The minimum atomic E-state index is -4.30. The number of nitrogens with one attached hydrogen (secondary N) is 2. The van der Waals surface area contributed by atoms with E-state index in [0.29, 0.717) is 22.4 Å². The van der Waals surface area contributed by atoms with Crippen LogP contribution in [-0.2, 0) is 15.6 Å². The van der Waals surface area contributed by atoms with Crippen molar-refractivity contribution >= 4 is 21.7 Å². The number of anilines is 1. The molecule has 3 rings (SSSR count). The van der Waals surface area contributed by atoms with Gasteiger partial charge in [-0.3, -0.25) is 0 Å². The van der Waals surface area contributed by atoms with E-state index in [1.165, 1.54) is 12.1 Å². The van der Waals surface area contributed by atoms with Crippen LogP contribution in [0.15, 0.2) is 65.6 Å². The van der Waals surface area contributed by atoms with Gasteiger partial charge in [0.2, 0.25) is 0 Å². The minimum absolute atomic E-state index is 0.0189. The van der Waals surface area contributed by atoms with Gasteiger partial charge < -0.3 is 10.4 Å². The molecule has 0 fully saturated rings. The van der Waals surface area contributed by atoms with E-state index in [4.69, 9.17) is 0 Å². The van der Waals surface area contributed by atoms with Gasteiger partial charge in [-0.25, -0.2) is 17.9 Å². The molecular formula is C29H33N3O4S. The van der Waals surface area contributed by atoms with Crippen molar-refractivity contribution in [3.8, 4) is 17.2 Å². The zero-order valence-corrected chi connectivity index (χ0v) is 22.8. The lowest BCUT2D eigenvalue weighted by atomic mass is 9.90. The van der Waals surface area contributed by atoms with Crippen LogP contribution in [0.25, 0.3) is 11.1 Å². The SMILES string of the molecule is CC(C)c1cc(C#N)cc(C(C)C)c1NC(=O)NS(=O)(=O)c1cc(-c2ccccc2)cc(C(C)(C)O)c1. The molecule has 2 amide bonds. The summed E-state index contributed by atoms with van der Waals surface area (Å²) in [6.45, 7) is 10.9. The summed E-state index contributed by atoms with van der Waals surface area (Å²) in [7, 11) is -4.30. The molecule has 0 aliphatic heterocycles. The third kappa shape index (κ3) is 6.56. The summed E-state index contributed by atoms with van der Waals surface area (Å²) in [6.07, 6.45) is 0. The third-order valence-electron chi connectivity index (χ3n) is 6.07. The predicted molar refractivity (Wildman–Crippen MR) is 146 cm³/mol. The molecule has 3 aromatic carbocycles. The Hall–Kier alpha value is -3.67. The fraction of sp³-hybridized carbons (Fsp3) is 0.310. The first-order chi connectivity index (χ1) is 17.2. The number of urea groups is 1. The molecule has 0 spiro atoms. The van der Waals surface area contributed by atoms with Crippen LogP contribution in [0.3, 0.4) is 0 Å². The van der Waals surface area contributed by atoms with E-state index < -0.39 is 21.7 Å². The van der Waals surface area contributed by atoms with Gasteiger partial charge in [-0.05, 0) is 83.8 Å². The Kier molecular flexibility index (Phi) is 8.11. The highest BCUT2D eigenvalue weighted by molar-refractivity contribution is 7.90. The van der Waals surface area contributed by atoms with E-state index in [2.05, 4.69) is 16.1 Å². The number of nitrogens with zero attached hydrogens (tertiary/aromatic N) is 1.